The van der Waals surface area contributed by atoms with E-state index in [1.165, 1.54) is 24.7 Å². The number of fused-ring (bicyclic) bond motifs is 2. The molecular formula is C21H18O3. The Labute approximate surface area is 141 Å². The highest BCUT2D eigenvalue weighted by atomic mass is 16.5. The summed E-state index contributed by atoms with van der Waals surface area (Å²) in [4.78, 5) is 24.7. The van der Waals surface area contributed by atoms with Crippen molar-refractivity contribution >= 4 is 17.8 Å². The Kier molecular flexibility index (Phi) is 3.57. The molecule has 0 aromatic heterocycles. The highest BCUT2D eigenvalue weighted by Crippen LogP contribution is 2.33. The third kappa shape index (κ3) is 2.37. The Balaban J connectivity index is 1.73. The average Bonchev–Trinajstić information content (AvgIpc) is 3.17. The van der Waals surface area contributed by atoms with Gasteiger partial charge in [-0.2, -0.15) is 0 Å². The summed E-state index contributed by atoms with van der Waals surface area (Å²) in [6.45, 7) is 0. The number of hydrogen-bond acceptors (Lipinski definition) is 3. The number of Topliss-reactive ketones (excluding diaryl/α,β-unsaturated/α-hetero) is 1. The van der Waals surface area contributed by atoms with Gasteiger partial charge in [0.05, 0.1) is 12.7 Å². The maximum absolute atomic E-state index is 12.8. The molecule has 24 heavy (non-hydrogen) atoms. The smallest absolute Gasteiger partial charge is 0.338 e. The van der Waals surface area contributed by atoms with E-state index >= 15 is 0 Å². The second-order valence-corrected chi connectivity index (χ2v) is 6.39. The molecule has 0 unspecified atom stereocenters. The zero-order valence-corrected chi connectivity index (χ0v) is 13.6. The maximum atomic E-state index is 12.8. The fourth-order valence-electron chi connectivity index (χ4n) is 3.71. The summed E-state index contributed by atoms with van der Waals surface area (Å²) < 4.78 is 4.83. The second-order valence-electron chi connectivity index (χ2n) is 6.39. The first-order valence-corrected chi connectivity index (χ1v) is 8.24. The highest BCUT2D eigenvalue weighted by Gasteiger charge is 2.27. The number of allylic oxidation sites excluding steroid dienone is 1. The molecule has 0 spiro atoms. The van der Waals surface area contributed by atoms with Crippen molar-refractivity contribution in [3.8, 4) is 0 Å². The molecule has 0 bridgehead atoms. The first-order chi connectivity index (χ1) is 11.7. The molecule has 2 aliphatic rings. The zero-order chi connectivity index (χ0) is 16.7. The molecule has 0 atom stereocenters. The molecule has 0 saturated carbocycles. The predicted molar refractivity (Wildman–Crippen MR) is 92.3 cm³/mol. The van der Waals surface area contributed by atoms with Gasteiger partial charge < -0.3 is 4.74 Å². The summed E-state index contributed by atoms with van der Waals surface area (Å²) in [5.74, 6) is -0.302. The quantitative estimate of drug-likeness (QED) is 0.625. The monoisotopic (exact) mass is 318 g/mol. The van der Waals surface area contributed by atoms with Gasteiger partial charge in [0.1, 0.15) is 0 Å². The van der Waals surface area contributed by atoms with Gasteiger partial charge in [0, 0.05) is 17.6 Å². The van der Waals surface area contributed by atoms with Gasteiger partial charge >= 0.3 is 5.97 Å². The Morgan fingerprint density at radius 3 is 2.62 bits per heavy atom. The number of esters is 1. The van der Waals surface area contributed by atoms with E-state index in [0.717, 1.165) is 35.1 Å². The fraction of sp³-hybridized carbons (Fsp3) is 0.238. The number of carbonyl (C=O) groups is 2. The first-order valence-electron chi connectivity index (χ1n) is 8.24. The molecule has 0 fully saturated rings. The van der Waals surface area contributed by atoms with Crippen molar-refractivity contribution in [3.05, 3.63) is 75.4 Å². The molecule has 0 amide bonds. The number of hydrogen-bond donors (Lipinski definition) is 0. The number of benzene rings is 2. The third-order valence-electron chi connectivity index (χ3n) is 4.93. The molecule has 2 aromatic carbocycles. The van der Waals surface area contributed by atoms with Crippen LogP contribution >= 0.6 is 0 Å². The molecule has 0 aliphatic heterocycles. The van der Waals surface area contributed by atoms with E-state index in [2.05, 4.69) is 12.1 Å². The normalized spacial score (nSPS) is 17.0. The number of ether oxygens (including phenoxy) is 1. The third-order valence-corrected chi connectivity index (χ3v) is 4.93. The van der Waals surface area contributed by atoms with Crippen molar-refractivity contribution in [2.45, 2.75) is 25.7 Å². The minimum Gasteiger partial charge on any atom is -0.465 e. The summed E-state index contributed by atoms with van der Waals surface area (Å²) in [5, 5.41) is 0. The predicted octanol–water partition coefficient (Wildman–Crippen LogP) is 3.78. The number of aryl methyl sites for hydroxylation is 2. The molecule has 3 heteroatoms. The van der Waals surface area contributed by atoms with Gasteiger partial charge in [-0.1, -0.05) is 24.3 Å². The standard InChI is InChI=1S/C21H18O3/c1-24-21(23)18-8-3-2-5-15(18)10-17-11-16-9-13-6-4-7-14(13)12-19(16)20(17)22/h2-3,5,8-10,12H,4,6-7,11H2,1H3/b17-10-. The van der Waals surface area contributed by atoms with Crippen LogP contribution in [0.15, 0.2) is 42.0 Å². The van der Waals surface area contributed by atoms with Crippen molar-refractivity contribution in [1.29, 1.82) is 0 Å². The van der Waals surface area contributed by atoms with E-state index < -0.39 is 0 Å². The summed E-state index contributed by atoms with van der Waals surface area (Å²) in [6.07, 6.45) is 5.83. The molecule has 3 nitrogen and oxygen atoms in total. The van der Waals surface area contributed by atoms with Crippen LogP contribution in [0, 0.1) is 0 Å². The number of methoxy groups -OCH3 is 1. The largest absolute Gasteiger partial charge is 0.465 e. The second kappa shape index (κ2) is 5.75. The van der Waals surface area contributed by atoms with E-state index in [1.54, 1.807) is 12.1 Å². The zero-order valence-electron chi connectivity index (χ0n) is 13.6. The summed E-state index contributed by atoms with van der Waals surface area (Å²) in [5.41, 5.74) is 6.60. The highest BCUT2D eigenvalue weighted by molar-refractivity contribution is 6.16. The Morgan fingerprint density at radius 1 is 1.08 bits per heavy atom. The lowest BCUT2D eigenvalue weighted by Gasteiger charge is -2.04. The lowest BCUT2D eigenvalue weighted by Crippen LogP contribution is -2.04. The Hall–Kier alpha value is -2.68. The summed E-state index contributed by atoms with van der Waals surface area (Å²) in [6, 6.07) is 11.5. The molecule has 2 aliphatic carbocycles. The van der Waals surface area contributed by atoms with Gasteiger partial charge in [0.2, 0.25) is 0 Å². The lowest BCUT2D eigenvalue weighted by atomic mass is 10.0. The van der Waals surface area contributed by atoms with Gasteiger partial charge in [0.15, 0.2) is 5.78 Å². The lowest BCUT2D eigenvalue weighted by molar-refractivity contribution is 0.0600. The molecule has 0 N–H and O–H groups in total. The van der Waals surface area contributed by atoms with Crippen molar-refractivity contribution in [2.75, 3.05) is 7.11 Å². The van der Waals surface area contributed by atoms with Gasteiger partial charge in [-0.25, -0.2) is 4.79 Å². The van der Waals surface area contributed by atoms with Crippen LogP contribution in [0.1, 0.15) is 49.4 Å². The van der Waals surface area contributed by atoms with Crippen molar-refractivity contribution in [3.63, 3.8) is 0 Å². The van der Waals surface area contributed by atoms with Crippen LogP contribution in [0.3, 0.4) is 0 Å². The van der Waals surface area contributed by atoms with Crippen molar-refractivity contribution < 1.29 is 14.3 Å². The summed E-state index contributed by atoms with van der Waals surface area (Å²) in [7, 11) is 1.37. The first kappa shape index (κ1) is 14.9. The van der Waals surface area contributed by atoms with Crippen molar-refractivity contribution in [1.82, 2.24) is 0 Å². The number of rotatable bonds is 2. The molecule has 120 valence electrons. The maximum Gasteiger partial charge on any atom is 0.338 e. The van der Waals surface area contributed by atoms with Gasteiger partial charge in [0.25, 0.3) is 0 Å². The molecule has 0 radical (unpaired) electrons. The van der Waals surface area contributed by atoms with Gasteiger partial charge in [-0.05, 0) is 59.7 Å². The van der Waals surface area contributed by atoms with Crippen LogP contribution in [0.4, 0.5) is 0 Å². The van der Waals surface area contributed by atoms with Crippen molar-refractivity contribution in [2.24, 2.45) is 0 Å². The summed E-state index contributed by atoms with van der Waals surface area (Å²) >= 11 is 0. The van der Waals surface area contributed by atoms with Crippen LogP contribution in [-0.4, -0.2) is 18.9 Å². The van der Waals surface area contributed by atoms with E-state index in [0.29, 0.717) is 12.0 Å². The topological polar surface area (TPSA) is 43.4 Å². The average molecular weight is 318 g/mol. The van der Waals surface area contributed by atoms with Gasteiger partial charge in [-0.3, -0.25) is 4.79 Å². The minimum absolute atomic E-state index is 0.0827. The minimum atomic E-state index is -0.385. The van der Waals surface area contributed by atoms with Crippen LogP contribution in [0.2, 0.25) is 0 Å². The molecular weight excluding hydrogens is 300 g/mol. The SMILES string of the molecule is COC(=O)c1ccccc1/C=C1/Cc2cc3c(cc2C1=O)CCC3. The van der Waals surface area contributed by atoms with Crippen LogP contribution in [-0.2, 0) is 24.0 Å². The van der Waals surface area contributed by atoms with E-state index in [9.17, 15) is 9.59 Å². The Morgan fingerprint density at radius 2 is 1.83 bits per heavy atom. The molecule has 0 saturated heterocycles. The van der Waals surface area contributed by atoms with Gasteiger partial charge in [-0.15, -0.1) is 0 Å². The van der Waals surface area contributed by atoms with E-state index in [-0.39, 0.29) is 11.8 Å². The van der Waals surface area contributed by atoms with E-state index in [4.69, 9.17) is 4.74 Å². The molecule has 0 heterocycles. The van der Waals surface area contributed by atoms with Crippen LogP contribution in [0.25, 0.3) is 6.08 Å². The molecule has 4 rings (SSSR count). The number of ketones is 1. The number of carbonyl (C=O) groups excluding carboxylic acids is 2. The van der Waals surface area contributed by atoms with E-state index in [1.807, 2.05) is 18.2 Å². The molecule has 2 aromatic rings. The fourth-order valence-corrected chi connectivity index (χ4v) is 3.71. The Bertz CT molecular complexity index is 890. The van der Waals surface area contributed by atoms with Crippen LogP contribution < -0.4 is 0 Å². The van der Waals surface area contributed by atoms with Crippen LogP contribution in [0.5, 0.6) is 0 Å².